The molecular weight excluding hydrogens is 520 g/mol. The van der Waals surface area contributed by atoms with Gasteiger partial charge in [0.15, 0.2) is 22.7 Å². The topological polar surface area (TPSA) is 155 Å². The molecule has 174 valence electrons. The van der Waals surface area contributed by atoms with Crippen LogP contribution in [0, 0.1) is 0 Å². The van der Waals surface area contributed by atoms with Gasteiger partial charge in [-0.25, -0.2) is 0 Å². The normalized spacial score (nSPS) is 11.8. The van der Waals surface area contributed by atoms with Gasteiger partial charge in [-0.05, 0) is 37.5 Å². The second kappa shape index (κ2) is 7.00. The molecule has 0 fully saturated rings. The summed E-state index contributed by atoms with van der Waals surface area (Å²) in [5.41, 5.74) is -0.711. The predicted molar refractivity (Wildman–Crippen MR) is 134 cm³/mol. The van der Waals surface area contributed by atoms with Crippen molar-refractivity contribution < 1.29 is 40.2 Å². The molecule has 0 atom stereocenters. The van der Waals surface area contributed by atoms with Gasteiger partial charge in [-0.15, -0.1) is 0 Å². The van der Waals surface area contributed by atoms with Gasteiger partial charge in [-0.3, -0.25) is 0 Å². The predicted octanol–water partition coefficient (Wildman–Crippen LogP) is 6.26. The van der Waals surface area contributed by atoms with Gasteiger partial charge < -0.3 is 40.2 Å². The summed E-state index contributed by atoms with van der Waals surface area (Å²) in [6.07, 6.45) is 0. The van der Waals surface area contributed by atoms with Gasteiger partial charge in [0.25, 0.3) is 0 Å². The molecule has 0 saturated heterocycles. The number of benzene rings is 5. The lowest BCUT2D eigenvalue weighted by molar-refractivity contribution is 0.348. The first-order chi connectivity index (χ1) is 16.7. The molecule has 1 aromatic heterocycles. The van der Waals surface area contributed by atoms with Crippen molar-refractivity contribution in [3.05, 3.63) is 53.0 Å². The average molecular weight is 535 g/mol. The van der Waals surface area contributed by atoms with E-state index in [2.05, 4.69) is 15.9 Å². The second-order valence-corrected chi connectivity index (χ2v) is 8.90. The number of furan rings is 1. The summed E-state index contributed by atoms with van der Waals surface area (Å²) < 4.78 is 6.22. The Kier molecular flexibility index (Phi) is 4.21. The summed E-state index contributed by atoms with van der Waals surface area (Å²) in [6, 6.07) is 14.6. The van der Waals surface area contributed by atoms with Gasteiger partial charge in [-0.1, -0.05) is 48.5 Å². The highest BCUT2D eigenvalue weighted by atomic mass is 79.9. The average Bonchev–Trinajstić information content (AvgIpc) is 3.28. The van der Waals surface area contributed by atoms with Gasteiger partial charge in [0, 0.05) is 10.0 Å². The van der Waals surface area contributed by atoms with E-state index < -0.39 is 51.4 Å². The van der Waals surface area contributed by atoms with Crippen LogP contribution in [0.25, 0.3) is 54.6 Å². The fraction of sp³-hybridized carbons (Fsp3) is 0. The number of hydrogen-bond acceptors (Lipinski definition) is 8. The van der Waals surface area contributed by atoms with Gasteiger partial charge in [-0.2, -0.15) is 0 Å². The number of rotatable bonds is 1. The van der Waals surface area contributed by atoms with Crippen LogP contribution in [0.1, 0.15) is 0 Å². The fourth-order valence-electron chi connectivity index (χ4n) is 4.71. The standard InChI is InChI=1S/C26H15BrO8/c27-17-11-7-3-1-5-9(11)13(10-6-2-4-8-12(10)17)14-18(28)15-16-20(30)21(31)22(32)24(34)26(16)35-25(15)23(33)19(14)29/h1-8,28-34H. The smallest absolute Gasteiger partial charge is 0.208 e. The molecule has 9 heteroatoms. The number of hydrogen-bond donors (Lipinski definition) is 7. The Hall–Kier alpha value is -4.50. The number of fused-ring (bicyclic) bond motifs is 5. The SMILES string of the molecule is Oc1c(O)c(O)c2c(oc3c(O)c(O)c(-c4c5ccccc5c(Br)c5ccccc45)c(O)c32)c1O. The Bertz CT molecular complexity index is 1830. The number of phenols is 7. The Balaban J connectivity index is 1.90. The van der Waals surface area contributed by atoms with E-state index in [0.717, 1.165) is 15.2 Å². The first kappa shape index (κ1) is 21.1. The number of phenolic OH excluding ortho intramolecular Hbond substituents is 7. The Morgan fingerprint density at radius 3 is 1.43 bits per heavy atom. The van der Waals surface area contributed by atoms with Crippen molar-refractivity contribution in [2.75, 3.05) is 0 Å². The maximum absolute atomic E-state index is 11.5. The van der Waals surface area contributed by atoms with Gasteiger partial charge in [0.2, 0.25) is 23.0 Å². The molecule has 5 aromatic carbocycles. The molecule has 1 heterocycles. The summed E-state index contributed by atoms with van der Waals surface area (Å²) in [6.45, 7) is 0. The van der Waals surface area contributed by atoms with E-state index in [-0.39, 0.29) is 16.3 Å². The van der Waals surface area contributed by atoms with Crippen molar-refractivity contribution in [2.45, 2.75) is 0 Å². The van der Waals surface area contributed by atoms with Crippen LogP contribution in [0.5, 0.6) is 40.2 Å². The van der Waals surface area contributed by atoms with Crippen molar-refractivity contribution in [3.63, 3.8) is 0 Å². The first-order valence-corrected chi connectivity index (χ1v) is 11.1. The Morgan fingerprint density at radius 1 is 0.457 bits per heavy atom. The summed E-state index contributed by atoms with van der Waals surface area (Å²) in [5, 5.41) is 76.4. The molecule has 6 aromatic rings. The van der Waals surface area contributed by atoms with Crippen molar-refractivity contribution in [1.82, 2.24) is 0 Å². The van der Waals surface area contributed by atoms with Crippen LogP contribution in [0.15, 0.2) is 57.4 Å². The molecule has 6 rings (SSSR count). The van der Waals surface area contributed by atoms with E-state index in [1.807, 2.05) is 24.3 Å². The van der Waals surface area contributed by atoms with Crippen LogP contribution in [0.4, 0.5) is 0 Å². The lowest BCUT2D eigenvalue weighted by Crippen LogP contribution is -1.90. The first-order valence-electron chi connectivity index (χ1n) is 10.3. The maximum Gasteiger partial charge on any atom is 0.208 e. The van der Waals surface area contributed by atoms with Crippen molar-refractivity contribution in [1.29, 1.82) is 0 Å². The Labute approximate surface area is 203 Å². The second-order valence-electron chi connectivity index (χ2n) is 8.11. The minimum absolute atomic E-state index is 0.149. The quantitative estimate of drug-likeness (QED) is 0.0739. The van der Waals surface area contributed by atoms with Crippen molar-refractivity contribution in [3.8, 4) is 51.4 Å². The van der Waals surface area contributed by atoms with E-state index in [1.54, 1.807) is 24.3 Å². The summed E-state index contributed by atoms with van der Waals surface area (Å²) in [4.78, 5) is 0. The highest BCUT2D eigenvalue weighted by Crippen LogP contribution is 2.59. The number of aromatic hydroxyl groups is 7. The third-order valence-electron chi connectivity index (χ3n) is 6.30. The largest absolute Gasteiger partial charge is 0.506 e. The zero-order chi connectivity index (χ0) is 24.8. The Morgan fingerprint density at radius 2 is 0.886 bits per heavy atom. The summed E-state index contributed by atoms with van der Waals surface area (Å²) in [7, 11) is 0. The van der Waals surface area contributed by atoms with Crippen LogP contribution in [0.2, 0.25) is 0 Å². The van der Waals surface area contributed by atoms with Gasteiger partial charge in [0.05, 0.1) is 16.3 Å². The molecule has 0 radical (unpaired) electrons. The third kappa shape index (κ3) is 2.55. The highest BCUT2D eigenvalue weighted by molar-refractivity contribution is 9.10. The van der Waals surface area contributed by atoms with Crippen LogP contribution in [-0.2, 0) is 0 Å². The van der Waals surface area contributed by atoms with E-state index in [0.29, 0.717) is 16.3 Å². The molecule has 0 unspecified atom stereocenters. The summed E-state index contributed by atoms with van der Waals surface area (Å²) >= 11 is 3.64. The molecule has 8 nitrogen and oxygen atoms in total. The van der Waals surface area contributed by atoms with E-state index in [4.69, 9.17) is 4.42 Å². The minimum atomic E-state index is -1.04. The van der Waals surface area contributed by atoms with E-state index in [9.17, 15) is 35.7 Å². The van der Waals surface area contributed by atoms with E-state index >= 15 is 0 Å². The lowest BCUT2D eigenvalue weighted by atomic mass is 9.89. The molecule has 0 spiro atoms. The molecule has 0 saturated carbocycles. The fourth-order valence-corrected chi connectivity index (χ4v) is 5.40. The number of halogens is 1. The highest BCUT2D eigenvalue weighted by Gasteiger charge is 2.31. The van der Waals surface area contributed by atoms with Crippen LogP contribution >= 0.6 is 15.9 Å². The lowest BCUT2D eigenvalue weighted by Gasteiger charge is -2.17. The zero-order valence-corrected chi connectivity index (χ0v) is 19.1. The molecular formula is C26H15BrO8. The molecule has 0 aliphatic heterocycles. The van der Waals surface area contributed by atoms with Crippen molar-refractivity contribution >= 4 is 59.4 Å². The van der Waals surface area contributed by atoms with E-state index in [1.165, 1.54) is 0 Å². The molecule has 0 aliphatic carbocycles. The molecule has 35 heavy (non-hydrogen) atoms. The zero-order valence-electron chi connectivity index (χ0n) is 17.5. The summed E-state index contributed by atoms with van der Waals surface area (Å²) in [5.74, 6) is -5.91. The van der Waals surface area contributed by atoms with Crippen LogP contribution in [0.3, 0.4) is 0 Å². The monoisotopic (exact) mass is 534 g/mol. The third-order valence-corrected chi connectivity index (χ3v) is 7.15. The van der Waals surface area contributed by atoms with Crippen molar-refractivity contribution in [2.24, 2.45) is 0 Å². The maximum atomic E-state index is 11.5. The van der Waals surface area contributed by atoms with Crippen LogP contribution in [-0.4, -0.2) is 35.7 Å². The molecule has 0 amide bonds. The molecule has 0 bridgehead atoms. The molecule has 0 aliphatic rings. The minimum Gasteiger partial charge on any atom is -0.506 e. The molecule has 7 N–H and O–H groups in total. The van der Waals surface area contributed by atoms with Crippen LogP contribution < -0.4 is 0 Å². The van der Waals surface area contributed by atoms with Gasteiger partial charge in [0.1, 0.15) is 5.75 Å². The van der Waals surface area contributed by atoms with Gasteiger partial charge >= 0.3 is 0 Å².